The highest BCUT2D eigenvalue weighted by Gasteiger charge is 2.33. The summed E-state index contributed by atoms with van der Waals surface area (Å²) in [6.07, 6.45) is -3.22. The number of nitrogens with zero attached hydrogens (tertiary/aromatic N) is 2. The number of aromatic nitrogens is 1. The first-order chi connectivity index (χ1) is 9.65. The van der Waals surface area contributed by atoms with Crippen molar-refractivity contribution < 1.29 is 22.7 Å². The molecule has 5 nitrogen and oxygen atoms in total. The number of halogens is 3. The van der Waals surface area contributed by atoms with Gasteiger partial charge in [-0.2, -0.15) is 13.2 Å². The molecule has 0 aliphatic heterocycles. The van der Waals surface area contributed by atoms with Gasteiger partial charge in [0.25, 0.3) is 0 Å². The van der Waals surface area contributed by atoms with Crippen LogP contribution in [0, 0.1) is 0 Å². The molecular formula is C13H18F3N3O2. The van der Waals surface area contributed by atoms with E-state index in [0.29, 0.717) is 0 Å². The first-order valence-corrected chi connectivity index (χ1v) is 6.41. The minimum absolute atomic E-state index is 0.00896. The van der Waals surface area contributed by atoms with Crippen LogP contribution in [0.5, 0.6) is 0 Å². The molecule has 1 heterocycles. The number of carbonyl (C=O) groups is 1. The molecule has 1 aromatic heterocycles. The fourth-order valence-electron chi connectivity index (χ4n) is 1.72. The molecule has 2 N–H and O–H groups in total. The Hall–Kier alpha value is -1.99. The molecule has 0 aromatic carbocycles. The molecule has 0 aliphatic carbocycles. The Morgan fingerprint density at radius 1 is 1.48 bits per heavy atom. The van der Waals surface area contributed by atoms with Crippen LogP contribution in [0.2, 0.25) is 0 Å². The van der Waals surface area contributed by atoms with Crippen molar-refractivity contribution in [2.75, 3.05) is 23.8 Å². The molecule has 0 spiro atoms. The summed E-state index contributed by atoms with van der Waals surface area (Å²) in [6, 6.07) is 0.775. The van der Waals surface area contributed by atoms with E-state index in [1.54, 1.807) is 20.8 Å². The maximum atomic E-state index is 12.6. The van der Waals surface area contributed by atoms with E-state index < -0.39 is 24.7 Å². The fraction of sp³-hybridized carbons (Fsp3) is 0.538. The van der Waals surface area contributed by atoms with Crippen molar-refractivity contribution >= 4 is 17.5 Å². The molecule has 0 saturated heterocycles. The van der Waals surface area contributed by atoms with Gasteiger partial charge in [0.15, 0.2) is 0 Å². The molecule has 0 amide bonds. The number of hydrogen-bond donors (Lipinski definition) is 1. The minimum atomic E-state index is -4.38. The highest BCUT2D eigenvalue weighted by molar-refractivity contribution is 5.95. The van der Waals surface area contributed by atoms with Gasteiger partial charge in [-0.3, -0.25) is 0 Å². The first kappa shape index (κ1) is 17.1. The van der Waals surface area contributed by atoms with E-state index in [-0.39, 0.29) is 23.7 Å². The summed E-state index contributed by atoms with van der Waals surface area (Å²) in [4.78, 5) is 16.6. The van der Waals surface area contributed by atoms with Crippen LogP contribution in [-0.2, 0) is 4.74 Å². The molecule has 8 heteroatoms. The maximum absolute atomic E-state index is 12.6. The smallest absolute Gasteiger partial charge is 0.405 e. The summed E-state index contributed by atoms with van der Waals surface area (Å²) in [5.74, 6) is -0.658. The van der Waals surface area contributed by atoms with Crippen LogP contribution in [0.1, 0.15) is 31.1 Å². The second-order valence-electron chi connectivity index (χ2n) is 4.69. The monoisotopic (exact) mass is 305 g/mol. The van der Waals surface area contributed by atoms with Gasteiger partial charge in [0, 0.05) is 6.04 Å². The molecule has 21 heavy (non-hydrogen) atoms. The van der Waals surface area contributed by atoms with Crippen LogP contribution in [0.4, 0.5) is 24.7 Å². The predicted octanol–water partition coefficient (Wildman–Crippen LogP) is 2.62. The number of esters is 1. The van der Waals surface area contributed by atoms with Crippen molar-refractivity contribution in [3.8, 4) is 0 Å². The van der Waals surface area contributed by atoms with Gasteiger partial charge < -0.3 is 15.4 Å². The summed E-state index contributed by atoms with van der Waals surface area (Å²) in [5, 5.41) is 0. The number of hydrogen-bond acceptors (Lipinski definition) is 5. The zero-order valence-electron chi connectivity index (χ0n) is 12.1. The topological polar surface area (TPSA) is 68.5 Å². The molecule has 0 atom stereocenters. The second kappa shape index (κ2) is 6.64. The van der Waals surface area contributed by atoms with Crippen LogP contribution in [-0.4, -0.2) is 36.3 Å². The second-order valence-corrected chi connectivity index (χ2v) is 4.69. The Balaban J connectivity index is 3.16. The van der Waals surface area contributed by atoms with E-state index in [1.807, 2.05) is 0 Å². The third-order valence-electron chi connectivity index (χ3n) is 2.68. The molecule has 0 bridgehead atoms. The summed E-state index contributed by atoms with van der Waals surface area (Å²) in [7, 11) is 0. The molecule has 0 unspecified atom stereocenters. The van der Waals surface area contributed by atoms with E-state index in [9.17, 15) is 18.0 Å². The largest absolute Gasteiger partial charge is 0.462 e. The lowest BCUT2D eigenvalue weighted by Gasteiger charge is -2.29. The maximum Gasteiger partial charge on any atom is 0.405 e. The zero-order valence-corrected chi connectivity index (χ0v) is 12.1. The number of nitrogens with two attached hydrogens (primary N) is 1. The van der Waals surface area contributed by atoms with Gasteiger partial charge in [0.1, 0.15) is 12.4 Å². The van der Waals surface area contributed by atoms with Gasteiger partial charge >= 0.3 is 12.1 Å². The van der Waals surface area contributed by atoms with Crippen LogP contribution in [0.15, 0.2) is 12.3 Å². The van der Waals surface area contributed by atoms with Crippen LogP contribution in [0.25, 0.3) is 0 Å². The Morgan fingerprint density at radius 3 is 2.57 bits per heavy atom. The van der Waals surface area contributed by atoms with Crippen LogP contribution < -0.4 is 10.6 Å². The summed E-state index contributed by atoms with van der Waals surface area (Å²) in [5.41, 5.74) is 5.69. The van der Waals surface area contributed by atoms with E-state index in [2.05, 4.69) is 4.98 Å². The van der Waals surface area contributed by atoms with Gasteiger partial charge in [0.2, 0.25) is 0 Å². The molecule has 0 saturated carbocycles. The number of rotatable bonds is 5. The quantitative estimate of drug-likeness (QED) is 0.847. The average Bonchev–Trinajstić information content (AvgIpc) is 2.35. The predicted molar refractivity (Wildman–Crippen MR) is 73.1 cm³/mol. The Labute approximate surface area is 120 Å². The third-order valence-corrected chi connectivity index (χ3v) is 2.68. The number of nitrogen functional groups attached to an aromatic ring is 1. The zero-order chi connectivity index (χ0) is 16.2. The molecule has 118 valence electrons. The van der Waals surface area contributed by atoms with Gasteiger partial charge in [0.05, 0.1) is 24.1 Å². The lowest BCUT2D eigenvalue weighted by atomic mass is 10.2. The van der Waals surface area contributed by atoms with E-state index >= 15 is 0 Å². The number of anilines is 2. The van der Waals surface area contributed by atoms with E-state index in [1.165, 1.54) is 6.07 Å². The Bertz CT molecular complexity index is 504. The van der Waals surface area contributed by atoms with Gasteiger partial charge in [-0.05, 0) is 26.8 Å². The van der Waals surface area contributed by atoms with Crippen molar-refractivity contribution in [1.29, 1.82) is 0 Å². The lowest BCUT2D eigenvalue weighted by molar-refractivity contribution is -0.120. The van der Waals surface area contributed by atoms with Gasteiger partial charge in [-0.15, -0.1) is 0 Å². The normalized spacial score (nSPS) is 11.6. The minimum Gasteiger partial charge on any atom is -0.462 e. The number of carbonyl (C=O) groups excluding carboxylic acids is 1. The first-order valence-electron chi connectivity index (χ1n) is 6.41. The van der Waals surface area contributed by atoms with Crippen LogP contribution in [0.3, 0.4) is 0 Å². The third kappa shape index (κ3) is 4.80. The van der Waals surface area contributed by atoms with Crippen molar-refractivity contribution in [3.63, 3.8) is 0 Å². The summed E-state index contributed by atoms with van der Waals surface area (Å²) >= 11 is 0. The SMILES string of the molecule is CCOC(=O)c1cc(N(CC(F)(F)F)C(C)C)ncc1N. The summed E-state index contributed by atoms with van der Waals surface area (Å²) in [6.45, 7) is 3.82. The molecule has 0 fully saturated rings. The fourth-order valence-corrected chi connectivity index (χ4v) is 1.72. The van der Waals surface area contributed by atoms with Crippen molar-refractivity contribution in [3.05, 3.63) is 17.8 Å². The van der Waals surface area contributed by atoms with E-state index in [4.69, 9.17) is 10.5 Å². The van der Waals surface area contributed by atoms with E-state index in [0.717, 1.165) is 11.1 Å². The standard InChI is InChI=1S/C13H18F3N3O2/c1-4-21-12(20)9-5-11(18-6-10(9)17)19(8(2)3)7-13(14,15)16/h5-6,8H,4,7,17H2,1-3H3. The number of ether oxygens (including phenoxy) is 1. The number of pyridine rings is 1. The average molecular weight is 305 g/mol. The number of alkyl halides is 3. The molecule has 1 rings (SSSR count). The molecular weight excluding hydrogens is 287 g/mol. The molecule has 0 aliphatic rings. The Morgan fingerprint density at radius 2 is 2.10 bits per heavy atom. The Kier molecular flexibility index (Phi) is 5.40. The molecule has 1 aromatic rings. The van der Waals surface area contributed by atoms with Gasteiger partial charge in [-0.25, -0.2) is 9.78 Å². The van der Waals surface area contributed by atoms with Gasteiger partial charge in [-0.1, -0.05) is 0 Å². The highest BCUT2D eigenvalue weighted by atomic mass is 19.4. The van der Waals surface area contributed by atoms with Crippen LogP contribution >= 0.6 is 0 Å². The summed E-state index contributed by atoms with van der Waals surface area (Å²) < 4.78 is 42.7. The highest BCUT2D eigenvalue weighted by Crippen LogP contribution is 2.25. The lowest BCUT2D eigenvalue weighted by Crippen LogP contribution is -2.39. The van der Waals surface area contributed by atoms with Crippen molar-refractivity contribution in [2.45, 2.75) is 33.0 Å². The van der Waals surface area contributed by atoms with Crippen molar-refractivity contribution in [2.24, 2.45) is 0 Å². The molecule has 0 radical (unpaired) electrons. The van der Waals surface area contributed by atoms with Crippen molar-refractivity contribution in [1.82, 2.24) is 4.98 Å².